The summed E-state index contributed by atoms with van der Waals surface area (Å²) in [6.07, 6.45) is 1.67. The summed E-state index contributed by atoms with van der Waals surface area (Å²) in [4.78, 5) is 30.4. The summed E-state index contributed by atoms with van der Waals surface area (Å²) in [6.45, 7) is 6.29. The zero-order valence-corrected chi connectivity index (χ0v) is 28.4. The van der Waals surface area contributed by atoms with Gasteiger partial charge < -0.3 is 29.7 Å². The van der Waals surface area contributed by atoms with Crippen molar-refractivity contribution in [2.45, 2.75) is 62.5 Å². The number of urea groups is 1. The molecule has 1 aromatic heterocycles. The molecule has 4 atom stereocenters. The predicted octanol–water partition coefficient (Wildman–Crippen LogP) is 5.51. The zero-order chi connectivity index (χ0) is 33.3. The first-order valence-electron chi connectivity index (χ1n) is 15.5. The van der Waals surface area contributed by atoms with Crippen molar-refractivity contribution in [3.63, 3.8) is 0 Å². The van der Waals surface area contributed by atoms with Crippen molar-refractivity contribution in [3.05, 3.63) is 71.6 Å². The summed E-state index contributed by atoms with van der Waals surface area (Å²) >= 11 is 1.09. The number of sulfonamides is 1. The van der Waals surface area contributed by atoms with Crippen LogP contribution in [0.3, 0.4) is 0 Å². The van der Waals surface area contributed by atoms with Gasteiger partial charge in [0.05, 0.1) is 30.4 Å². The van der Waals surface area contributed by atoms with E-state index in [1.807, 2.05) is 44.2 Å². The number of ether oxygens (including phenoxy) is 2. The fourth-order valence-corrected chi connectivity index (χ4v) is 7.21. The summed E-state index contributed by atoms with van der Waals surface area (Å²) in [7, 11) is -2.15. The third-order valence-electron chi connectivity index (χ3n) is 7.89. The van der Waals surface area contributed by atoms with E-state index < -0.39 is 28.1 Å². The lowest BCUT2D eigenvalue weighted by molar-refractivity contribution is -0.0115. The van der Waals surface area contributed by atoms with Gasteiger partial charge in [-0.2, -0.15) is 0 Å². The molecular weight excluding hydrogens is 629 g/mol. The number of carbonyl (C=O) groups excluding carboxylic acids is 2. The van der Waals surface area contributed by atoms with Gasteiger partial charge in [-0.05, 0) is 74.9 Å². The van der Waals surface area contributed by atoms with Crippen LogP contribution in [0.15, 0.2) is 70.3 Å². The Morgan fingerprint density at radius 3 is 2.57 bits per heavy atom. The summed E-state index contributed by atoms with van der Waals surface area (Å²) in [6, 6.07) is 16.2. The van der Waals surface area contributed by atoms with Crippen LogP contribution in [-0.2, 0) is 14.8 Å². The largest absolute Gasteiger partial charge is 0.490 e. The second-order valence-electron chi connectivity index (χ2n) is 11.7. The highest BCUT2D eigenvalue weighted by atomic mass is 32.2. The van der Waals surface area contributed by atoms with Crippen molar-refractivity contribution < 1.29 is 32.6 Å². The first-order chi connectivity index (χ1) is 22.0. The smallest absolute Gasteiger partial charge is 0.321 e. The van der Waals surface area contributed by atoms with Crippen molar-refractivity contribution in [3.8, 4) is 5.75 Å². The second-order valence-corrected chi connectivity index (χ2v) is 14.6. The average molecular weight is 673 g/mol. The Balaban J connectivity index is 1.62. The molecule has 0 radical (unpaired) electrons. The Bertz CT molecular complexity index is 1540. The molecule has 1 aliphatic rings. The van der Waals surface area contributed by atoms with E-state index in [9.17, 15) is 23.1 Å². The summed E-state index contributed by atoms with van der Waals surface area (Å²) in [5, 5.41) is 14.7. The molecule has 0 fully saturated rings. The average Bonchev–Trinajstić information content (AvgIpc) is 3.59. The number of para-hydroxylation sites is 1. The van der Waals surface area contributed by atoms with E-state index in [2.05, 4.69) is 10.0 Å². The highest BCUT2D eigenvalue weighted by molar-refractivity contribution is 7.94. The van der Waals surface area contributed by atoms with Crippen molar-refractivity contribution in [2.24, 2.45) is 5.92 Å². The lowest BCUT2D eigenvalue weighted by Crippen LogP contribution is -2.48. The van der Waals surface area contributed by atoms with E-state index in [1.165, 1.54) is 12.1 Å². The van der Waals surface area contributed by atoms with Crippen LogP contribution in [0.2, 0.25) is 0 Å². The van der Waals surface area contributed by atoms with E-state index >= 15 is 0 Å². The molecule has 4 rings (SSSR count). The fraction of sp³-hybridized carbons (Fsp3) is 0.455. The number of benzene rings is 2. The zero-order valence-electron chi connectivity index (χ0n) is 26.7. The number of thiophene rings is 1. The minimum atomic E-state index is -3.85. The molecule has 13 heteroatoms. The number of rotatable bonds is 8. The molecule has 250 valence electrons. The van der Waals surface area contributed by atoms with Gasteiger partial charge in [0.2, 0.25) is 0 Å². The van der Waals surface area contributed by atoms with Crippen molar-refractivity contribution in [1.82, 2.24) is 9.80 Å². The molecule has 0 aliphatic carbocycles. The second kappa shape index (κ2) is 16.3. The molecule has 3 aromatic rings. The number of carbonyl (C=O) groups is 2. The molecule has 3 N–H and O–H groups in total. The van der Waals surface area contributed by atoms with E-state index in [0.717, 1.165) is 24.2 Å². The first-order valence-corrected chi connectivity index (χ1v) is 17.8. The lowest BCUT2D eigenvalue weighted by Gasteiger charge is -2.35. The van der Waals surface area contributed by atoms with Gasteiger partial charge in [-0.3, -0.25) is 9.52 Å². The highest BCUT2D eigenvalue weighted by Gasteiger charge is 2.31. The third kappa shape index (κ3) is 9.44. The normalized spacial score (nSPS) is 20.5. The SMILES string of the molecule is C[C@H](CO)N1C[C@H](C)[C@H](CN(C)C(=O)Nc2ccccc2)OCCCC[C@H](C)Oc2ccc(NS(=O)(=O)c3cccs3)cc2C1=O. The molecule has 2 heterocycles. The van der Waals surface area contributed by atoms with Gasteiger partial charge in [-0.25, -0.2) is 13.2 Å². The van der Waals surface area contributed by atoms with Gasteiger partial charge in [0.1, 0.15) is 9.96 Å². The number of nitrogens with zero attached hydrogens (tertiary/aromatic N) is 2. The third-order valence-corrected chi connectivity index (χ3v) is 10.7. The van der Waals surface area contributed by atoms with E-state index in [0.29, 0.717) is 24.5 Å². The molecule has 0 unspecified atom stereocenters. The van der Waals surface area contributed by atoms with Crippen LogP contribution in [0.4, 0.5) is 16.2 Å². The Labute approximate surface area is 275 Å². The van der Waals surface area contributed by atoms with Crippen molar-refractivity contribution in [2.75, 3.05) is 43.4 Å². The lowest BCUT2D eigenvalue weighted by atomic mass is 10.0. The Hall–Kier alpha value is -3.65. The Morgan fingerprint density at radius 2 is 1.87 bits per heavy atom. The van der Waals surface area contributed by atoms with Gasteiger partial charge in [0, 0.05) is 44.0 Å². The number of hydrogen-bond donors (Lipinski definition) is 3. The monoisotopic (exact) mass is 672 g/mol. The summed E-state index contributed by atoms with van der Waals surface area (Å²) in [5.41, 5.74) is 1.08. The van der Waals surface area contributed by atoms with Crippen LogP contribution < -0.4 is 14.8 Å². The molecule has 2 aromatic carbocycles. The molecule has 11 nitrogen and oxygen atoms in total. The number of aliphatic hydroxyl groups excluding tert-OH is 1. The van der Waals surface area contributed by atoms with Crippen LogP contribution >= 0.6 is 11.3 Å². The standard InChI is InChI=1S/C33H44N4O7S2/c1-23-20-37(24(2)22-38)32(39)28-19-27(35-46(41,42)31-14-10-18-45-31)15-16-29(28)44-25(3)11-8-9-17-43-30(23)21-36(4)33(40)34-26-12-6-5-7-13-26/h5-7,10,12-16,18-19,23-25,30,35,38H,8-9,11,17,20-22H2,1-4H3,(H,34,40)/t23-,24+,25-,30-/m0/s1. The molecule has 46 heavy (non-hydrogen) atoms. The topological polar surface area (TPSA) is 138 Å². The number of amides is 3. The van der Waals surface area contributed by atoms with E-state index in [-0.39, 0.29) is 53.2 Å². The number of hydrogen-bond acceptors (Lipinski definition) is 8. The molecule has 0 spiro atoms. The van der Waals surface area contributed by atoms with Crippen molar-refractivity contribution in [1.29, 1.82) is 0 Å². The van der Waals surface area contributed by atoms with Crippen LogP contribution in [0.1, 0.15) is 50.4 Å². The number of fused-ring (bicyclic) bond motifs is 1. The molecule has 0 saturated heterocycles. The fourth-order valence-electron chi connectivity index (χ4n) is 5.16. The van der Waals surface area contributed by atoms with E-state index in [1.54, 1.807) is 47.4 Å². The minimum Gasteiger partial charge on any atom is -0.490 e. The minimum absolute atomic E-state index is 0.154. The number of nitrogens with one attached hydrogen (secondary N) is 2. The number of aliphatic hydroxyl groups is 1. The summed E-state index contributed by atoms with van der Waals surface area (Å²) < 4.78 is 41.2. The maximum Gasteiger partial charge on any atom is 0.321 e. The summed E-state index contributed by atoms with van der Waals surface area (Å²) in [5.74, 6) is -0.322. The van der Waals surface area contributed by atoms with Crippen LogP contribution in [-0.4, -0.2) is 86.9 Å². The maximum atomic E-state index is 14.3. The van der Waals surface area contributed by atoms with Gasteiger partial charge in [0.25, 0.3) is 15.9 Å². The van der Waals surface area contributed by atoms with Gasteiger partial charge in [0.15, 0.2) is 0 Å². The van der Waals surface area contributed by atoms with Gasteiger partial charge in [-0.15, -0.1) is 11.3 Å². The molecule has 0 saturated carbocycles. The molecule has 0 bridgehead atoms. The quantitative estimate of drug-likeness (QED) is 0.287. The Kier molecular flexibility index (Phi) is 12.4. The number of likely N-dealkylation sites (N-methyl/N-ethyl adjacent to an activating group) is 1. The molecule has 3 amide bonds. The van der Waals surface area contributed by atoms with Gasteiger partial charge >= 0.3 is 6.03 Å². The molecular formula is C33H44N4O7S2. The highest BCUT2D eigenvalue weighted by Crippen LogP contribution is 2.30. The van der Waals surface area contributed by atoms with Crippen LogP contribution in [0.5, 0.6) is 5.75 Å². The van der Waals surface area contributed by atoms with E-state index in [4.69, 9.17) is 9.47 Å². The van der Waals surface area contributed by atoms with Crippen LogP contribution in [0.25, 0.3) is 0 Å². The van der Waals surface area contributed by atoms with Crippen LogP contribution in [0, 0.1) is 5.92 Å². The molecule has 1 aliphatic heterocycles. The van der Waals surface area contributed by atoms with Gasteiger partial charge in [-0.1, -0.05) is 31.2 Å². The first kappa shape index (κ1) is 35.2. The number of anilines is 2. The Morgan fingerprint density at radius 1 is 1.11 bits per heavy atom. The van der Waals surface area contributed by atoms with Crippen molar-refractivity contribution >= 4 is 44.7 Å². The predicted molar refractivity (Wildman–Crippen MR) is 180 cm³/mol. The maximum absolute atomic E-state index is 14.3.